The quantitative estimate of drug-likeness (QED) is 0.861. The molecular weight excluding hydrogens is 212 g/mol. The Morgan fingerprint density at radius 2 is 2.12 bits per heavy atom. The maximum Gasteiger partial charge on any atom is 0.142 e. The number of fused-ring (bicyclic) bond motifs is 1. The molecule has 1 unspecified atom stereocenters. The van der Waals surface area contributed by atoms with Gasteiger partial charge in [-0.25, -0.2) is 0 Å². The molecule has 2 aliphatic rings. The average Bonchev–Trinajstić information content (AvgIpc) is 3.12. The van der Waals surface area contributed by atoms with Crippen LogP contribution in [0.4, 0.5) is 5.69 Å². The van der Waals surface area contributed by atoms with Crippen molar-refractivity contribution in [3.05, 3.63) is 24.3 Å². The zero-order valence-electron chi connectivity index (χ0n) is 10.4. The molecule has 3 nitrogen and oxygen atoms in total. The fourth-order valence-electron chi connectivity index (χ4n) is 2.43. The van der Waals surface area contributed by atoms with Crippen LogP contribution in [0.3, 0.4) is 0 Å². The van der Waals surface area contributed by atoms with Gasteiger partial charge >= 0.3 is 0 Å². The van der Waals surface area contributed by atoms with Gasteiger partial charge in [0.25, 0.3) is 0 Å². The van der Waals surface area contributed by atoms with E-state index < -0.39 is 0 Å². The molecule has 0 radical (unpaired) electrons. The first-order valence-electron chi connectivity index (χ1n) is 6.49. The number of para-hydroxylation sites is 2. The lowest BCUT2D eigenvalue weighted by Gasteiger charge is -2.30. The maximum absolute atomic E-state index is 6.00. The van der Waals surface area contributed by atoms with Crippen molar-refractivity contribution >= 4 is 5.69 Å². The number of nitrogens with one attached hydrogen (secondary N) is 1. The summed E-state index contributed by atoms with van der Waals surface area (Å²) < 4.78 is 6.00. The van der Waals surface area contributed by atoms with Gasteiger partial charge in [0.15, 0.2) is 0 Å². The number of likely N-dealkylation sites (N-methyl/N-ethyl adjacent to an activating group) is 1. The van der Waals surface area contributed by atoms with Crippen molar-refractivity contribution in [3.63, 3.8) is 0 Å². The van der Waals surface area contributed by atoms with E-state index in [1.807, 2.05) is 18.2 Å². The largest absolute Gasteiger partial charge is 0.485 e. The molecule has 1 N–H and O–H groups in total. The first-order valence-corrected chi connectivity index (χ1v) is 6.49. The highest BCUT2D eigenvalue weighted by Gasteiger charge is 2.25. The third-order valence-electron chi connectivity index (χ3n) is 3.48. The van der Waals surface area contributed by atoms with E-state index in [0.29, 0.717) is 0 Å². The van der Waals surface area contributed by atoms with Gasteiger partial charge in [0.05, 0.1) is 12.2 Å². The highest BCUT2D eigenvalue weighted by molar-refractivity contribution is 5.57. The Morgan fingerprint density at radius 3 is 2.94 bits per heavy atom. The van der Waals surface area contributed by atoms with Crippen molar-refractivity contribution in [3.8, 4) is 5.75 Å². The lowest BCUT2D eigenvalue weighted by molar-refractivity contribution is 0.149. The highest BCUT2D eigenvalue weighted by atomic mass is 16.5. The molecule has 0 spiro atoms. The highest BCUT2D eigenvalue weighted by Crippen LogP contribution is 2.30. The molecule has 1 aromatic carbocycles. The fraction of sp³-hybridized carbons (Fsp3) is 0.571. The number of rotatable bonds is 4. The number of benzene rings is 1. The summed E-state index contributed by atoms with van der Waals surface area (Å²) in [6.45, 7) is 3.14. The van der Waals surface area contributed by atoms with Crippen molar-refractivity contribution in [1.82, 2.24) is 4.90 Å². The van der Waals surface area contributed by atoms with Crippen molar-refractivity contribution in [1.29, 1.82) is 0 Å². The summed E-state index contributed by atoms with van der Waals surface area (Å²) in [5, 5.41) is 3.44. The molecule has 92 valence electrons. The minimum Gasteiger partial charge on any atom is -0.485 e. The minimum atomic E-state index is 0.272. The summed E-state index contributed by atoms with van der Waals surface area (Å²) in [4.78, 5) is 2.40. The van der Waals surface area contributed by atoms with Crippen molar-refractivity contribution in [2.24, 2.45) is 5.92 Å². The van der Waals surface area contributed by atoms with Crippen molar-refractivity contribution < 1.29 is 4.74 Å². The second-order valence-corrected chi connectivity index (χ2v) is 5.28. The Bertz CT molecular complexity index is 390. The second-order valence-electron chi connectivity index (χ2n) is 5.28. The topological polar surface area (TPSA) is 24.5 Å². The van der Waals surface area contributed by atoms with Gasteiger partial charge in [0, 0.05) is 13.1 Å². The van der Waals surface area contributed by atoms with E-state index in [2.05, 4.69) is 23.3 Å². The van der Waals surface area contributed by atoms with Crippen LogP contribution in [0.5, 0.6) is 5.75 Å². The van der Waals surface area contributed by atoms with Crippen LogP contribution >= 0.6 is 0 Å². The van der Waals surface area contributed by atoms with E-state index in [1.54, 1.807) is 0 Å². The lowest BCUT2D eigenvalue weighted by atomic mass is 10.2. The predicted octanol–water partition coefficient (Wildman–Crippen LogP) is 2.20. The van der Waals surface area contributed by atoms with Crippen LogP contribution in [-0.2, 0) is 0 Å². The summed E-state index contributed by atoms with van der Waals surface area (Å²) in [5.41, 5.74) is 1.12. The molecule has 1 saturated carbocycles. The normalized spacial score (nSPS) is 22.8. The van der Waals surface area contributed by atoms with E-state index >= 15 is 0 Å². The molecule has 3 rings (SSSR count). The van der Waals surface area contributed by atoms with Gasteiger partial charge in [0.2, 0.25) is 0 Å². The van der Waals surface area contributed by atoms with E-state index in [1.165, 1.54) is 19.4 Å². The molecule has 1 aliphatic carbocycles. The SMILES string of the molecule is CN(CC1CC1)CC1CNc2ccccc2O1. The number of hydrogen-bond acceptors (Lipinski definition) is 3. The number of nitrogens with zero attached hydrogens (tertiary/aromatic N) is 1. The van der Waals surface area contributed by atoms with Crippen LogP contribution in [0.2, 0.25) is 0 Å². The molecule has 1 atom stereocenters. The van der Waals surface area contributed by atoms with Crippen LogP contribution in [0, 0.1) is 5.92 Å². The van der Waals surface area contributed by atoms with Crippen LogP contribution in [0.25, 0.3) is 0 Å². The van der Waals surface area contributed by atoms with Crippen LogP contribution in [0.1, 0.15) is 12.8 Å². The van der Waals surface area contributed by atoms with Gasteiger partial charge in [-0.2, -0.15) is 0 Å². The van der Waals surface area contributed by atoms with Gasteiger partial charge in [0.1, 0.15) is 11.9 Å². The zero-order valence-corrected chi connectivity index (χ0v) is 10.4. The summed E-state index contributed by atoms with van der Waals surface area (Å²) in [6, 6.07) is 8.17. The van der Waals surface area contributed by atoms with Crippen molar-refractivity contribution in [2.75, 3.05) is 32.0 Å². The summed E-state index contributed by atoms with van der Waals surface area (Å²) in [5.74, 6) is 1.94. The zero-order chi connectivity index (χ0) is 11.7. The van der Waals surface area contributed by atoms with E-state index in [0.717, 1.165) is 30.4 Å². The summed E-state index contributed by atoms with van der Waals surface area (Å²) >= 11 is 0. The van der Waals surface area contributed by atoms with Gasteiger partial charge in [-0.15, -0.1) is 0 Å². The van der Waals surface area contributed by atoms with E-state index in [9.17, 15) is 0 Å². The average molecular weight is 232 g/mol. The van der Waals surface area contributed by atoms with Gasteiger partial charge in [-0.3, -0.25) is 0 Å². The Hall–Kier alpha value is -1.22. The maximum atomic E-state index is 6.00. The molecule has 17 heavy (non-hydrogen) atoms. The third-order valence-corrected chi connectivity index (χ3v) is 3.48. The molecule has 0 amide bonds. The molecule has 1 fully saturated rings. The molecular formula is C14H20N2O. The summed E-state index contributed by atoms with van der Waals surface area (Å²) in [6.07, 6.45) is 3.10. The van der Waals surface area contributed by atoms with E-state index in [4.69, 9.17) is 4.74 Å². The van der Waals surface area contributed by atoms with Gasteiger partial charge < -0.3 is 15.0 Å². The summed E-state index contributed by atoms with van der Waals surface area (Å²) in [7, 11) is 2.20. The number of ether oxygens (including phenoxy) is 1. The van der Waals surface area contributed by atoms with Crippen LogP contribution in [0.15, 0.2) is 24.3 Å². The lowest BCUT2D eigenvalue weighted by Crippen LogP contribution is -2.40. The molecule has 0 saturated heterocycles. The van der Waals surface area contributed by atoms with Crippen LogP contribution in [-0.4, -0.2) is 37.7 Å². The molecule has 1 aliphatic heterocycles. The Labute approximate surface area is 103 Å². The van der Waals surface area contributed by atoms with Gasteiger partial charge in [-0.1, -0.05) is 12.1 Å². The van der Waals surface area contributed by atoms with Crippen LogP contribution < -0.4 is 10.1 Å². The Morgan fingerprint density at radius 1 is 1.29 bits per heavy atom. The second kappa shape index (κ2) is 4.57. The smallest absolute Gasteiger partial charge is 0.142 e. The monoisotopic (exact) mass is 232 g/mol. The Kier molecular flexibility index (Phi) is 2.93. The Balaban J connectivity index is 1.56. The third kappa shape index (κ3) is 2.72. The van der Waals surface area contributed by atoms with Gasteiger partial charge in [-0.05, 0) is 37.9 Å². The first-order chi connectivity index (χ1) is 8.31. The number of anilines is 1. The van der Waals surface area contributed by atoms with E-state index in [-0.39, 0.29) is 6.10 Å². The molecule has 0 aromatic heterocycles. The molecule has 3 heteroatoms. The number of hydrogen-bond donors (Lipinski definition) is 1. The fourth-order valence-corrected chi connectivity index (χ4v) is 2.43. The molecule has 1 aromatic rings. The molecule has 1 heterocycles. The standard InChI is InChI=1S/C14H20N2O/c1-16(9-11-6-7-11)10-12-8-15-13-4-2-3-5-14(13)17-12/h2-5,11-12,15H,6-10H2,1H3. The van der Waals surface area contributed by atoms with Crippen molar-refractivity contribution in [2.45, 2.75) is 18.9 Å². The predicted molar refractivity (Wildman–Crippen MR) is 69.6 cm³/mol. The molecule has 0 bridgehead atoms. The minimum absolute atomic E-state index is 0.272. The first kappa shape index (κ1) is 10.9.